The Labute approximate surface area is 179 Å². The summed E-state index contributed by atoms with van der Waals surface area (Å²) in [7, 11) is 1.62. The van der Waals surface area contributed by atoms with Crippen LogP contribution in [0.3, 0.4) is 0 Å². The third-order valence-corrected chi connectivity index (χ3v) is 6.15. The van der Waals surface area contributed by atoms with Crippen LogP contribution in [0, 0.1) is 5.92 Å². The van der Waals surface area contributed by atoms with Gasteiger partial charge in [-0.25, -0.2) is 0 Å². The smallest absolute Gasteiger partial charge is 0.237 e. The second-order valence-corrected chi connectivity index (χ2v) is 8.14. The van der Waals surface area contributed by atoms with Crippen LogP contribution in [-0.4, -0.2) is 49.4 Å². The maximum absolute atomic E-state index is 12.8. The Morgan fingerprint density at radius 3 is 2.27 bits per heavy atom. The third kappa shape index (κ3) is 5.48. The minimum absolute atomic E-state index is 0.0167. The molecule has 1 saturated heterocycles. The van der Waals surface area contributed by atoms with E-state index in [9.17, 15) is 9.59 Å². The largest absolute Gasteiger partial charge is 0.497 e. The Balaban J connectivity index is 1.46. The van der Waals surface area contributed by atoms with E-state index < -0.39 is 0 Å². The number of carbonyl (C=O) groups excluding carboxylic acids is 2. The zero-order valence-corrected chi connectivity index (χ0v) is 18.1. The summed E-state index contributed by atoms with van der Waals surface area (Å²) in [5, 5.41) is 3.09. The molecule has 0 aliphatic carbocycles. The second kappa shape index (κ2) is 10.4. The van der Waals surface area contributed by atoms with Crippen LogP contribution in [0.4, 0.5) is 0 Å². The molecular weight excluding hydrogens is 376 g/mol. The van der Waals surface area contributed by atoms with Crippen molar-refractivity contribution in [2.75, 3.05) is 26.7 Å². The molecule has 1 heterocycles. The lowest BCUT2D eigenvalue weighted by Crippen LogP contribution is -2.49. The van der Waals surface area contributed by atoms with E-state index in [-0.39, 0.29) is 29.6 Å². The quantitative estimate of drug-likeness (QED) is 0.673. The molecule has 1 fully saturated rings. The van der Waals surface area contributed by atoms with E-state index in [1.807, 2.05) is 49.4 Å². The van der Waals surface area contributed by atoms with E-state index in [0.717, 1.165) is 37.2 Å². The molecule has 1 N–H and O–H groups in total. The van der Waals surface area contributed by atoms with Crippen LogP contribution in [0.1, 0.15) is 48.5 Å². The summed E-state index contributed by atoms with van der Waals surface area (Å²) in [6.07, 6.45) is 1.56. The van der Waals surface area contributed by atoms with Gasteiger partial charge in [0, 0.05) is 18.0 Å². The predicted octanol–water partition coefficient (Wildman–Crippen LogP) is 3.90. The van der Waals surface area contributed by atoms with Gasteiger partial charge in [0.2, 0.25) is 5.91 Å². The molecule has 2 atom stereocenters. The Bertz CT molecular complexity index is 827. The summed E-state index contributed by atoms with van der Waals surface area (Å²) in [6.45, 7) is 6.22. The molecule has 0 spiro atoms. The first-order valence-corrected chi connectivity index (χ1v) is 10.7. The van der Waals surface area contributed by atoms with Crippen molar-refractivity contribution < 1.29 is 14.3 Å². The first kappa shape index (κ1) is 22.0. The standard InChI is InChI=1S/C25H32N2O3/c1-18(20-7-5-4-6-8-20)17-26-25(29)19(2)27-15-13-22(14-16-27)24(28)21-9-11-23(30-3)12-10-21/h4-12,18-19,22H,13-17H2,1-3H3,(H,26,29)/t18-,19+/m1/s1. The molecule has 5 nitrogen and oxygen atoms in total. The van der Waals surface area contributed by atoms with Gasteiger partial charge < -0.3 is 10.1 Å². The van der Waals surface area contributed by atoms with Crippen LogP contribution in [0.5, 0.6) is 5.75 Å². The molecule has 1 amide bonds. The molecule has 1 aliphatic rings. The molecule has 5 heteroatoms. The van der Waals surface area contributed by atoms with E-state index in [4.69, 9.17) is 4.74 Å². The van der Waals surface area contributed by atoms with Crippen molar-refractivity contribution in [2.24, 2.45) is 5.92 Å². The number of carbonyl (C=O) groups is 2. The van der Waals surface area contributed by atoms with E-state index >= 15 is 0 Å². The van der Waals surface area contributed by atoms with Crippen LogP contribution in [0.25, 0.3) is 0 Å². The summed E-state index contributed by atoms with van der Waals surface area (Å²) < 4.78 is 5.16. The number of ether oxygens (including phenoxy) is 1. The molecule has 2 aromatic carbocycles. The lowest BCUT2D eigenvalue weighted by Gasteiger charge is -2.35. The summed E-state index contributed by atoms with van der Waals surface area (Å²) in [4.78, 5) is 27.6. The molecule has 0 unspecified atom stereocenters. The molecule has 0 bridgehead atoms. The Hall–Kier alpha value is -2.66. The third-order valence-electron chi connectivity index (χ3n) is 6.15. The van der Waals surface area contributed by atoms with Crippen LogP contribution < -0.4 is 10.1 Å². The van der Waals surface area contributed by atoms with Gasteiger partial charge in [0.15, 0.2) is 5.78 Å². The molecule has 1 aliphatic heterocycles. The maximum Gasteiger partial charge on any atom is 0.237 e. The van der Waals surface area contributed by atoms with Gasteiger partial charge in [0.1, 0.15) is 5.75 Å². The van der Waals surface area contributed by atoms with E-state index in [0.29, 0.717) is 6.54 Å². The number of hydrogen-bond acceptors (Lipinski definition) is 4. The van der Waals surface area contributed by atoms with Crippen molar-refractivity contribution in [1.82, 2.24) is 10.2 Å². The predicted molar refractivity (Wildman–Crippen MR) is 119 cm³/mol. The molecule has 3 rings (SSSR count). The fourth-order valence-corrected chi connectivity index (χ4v) is 4.01. The van der Waals surface area contributed by atoms with Gasteiger partial charge >= 0.3 is 0 Å². The molecule has 2 aromatic rings. The number of hydrogen-bond donors (Lipinski definition) is 1. The van der Waals surface area contributed by atoms with Gasteiger partial charge in [-0.05, 0) is 68.6 Å². The Morgan fingerprint density at radius 2 is 1.67 bits per heavy atom. The van der Waals surface area contributed by atoms with Gasteiger partial charge in [0.25, 0.3) is 0 Å². The van der Waals surface area contributed by atoms with Gasteiger partial charge in [-0.3, -0.25) is 14.5 Å². The topological polar surface area (TPSA) is 58.6 Å². The van der Waals surface area contributed by atoms with E-state index in [2.05, 4.69) is 29.3 Å². The van der Waals surface area contributed by atoms with Gasteiger partial charge in [-0.15, -0.1) is 0 Å². The zero-order valence-electron chi connectivity index (χ0n) is 18.1. The molecule has 30 heavy (non-hydrogen) atoms. The normalized spacial score (nSPS) is 17.2. The van der Waals surface area contributed by atoms with Crippen molar-refractivity contribution >= 4 is 11.7 Å². The van der Waals surface area contributed by atoms with Crippen LogP contribution in [0.2, 0.25) is 0 Å². The lowest BCUT2D eigenvalue weighted by atomic mass is 9.88. The average molecular weight is 409 g/mol. The summed E-state index contributed by atoms with van der Waals surface area (Å²) >= 11 is 0. The van der Waals surface area contributed by atoms with E-state index in [1.165, 1.54) is 5.56 Å². The van der Waals surface area contributed by atoms with Crippen molar-refractivity contribution in [1.29, 1.82) is 0 Å². The number of likely N-dealkylation sites (tertiary alicyclic amines) is 1. The number of Topliss-reactive ketones (excluding diaryl/α,β-unsaturated/α-hetero) is 1. The van der Waals surface area contributed by atoms with Gasteiger partial charge in [-0.1, -0.05) is 37.3 Å². The van der Waals surface area contributed by atoms with Crippen molar-refractivity contribution in [3.63, 3.8) is 0 Å². The van der Waals surface area contributed by atoms with Crippen LogP contribution in [-0.2, 0) is 4.79 Å². The average Bonchev–Trinajstić information content (AvgIpc) is 2.82. The molecule has 160 valence electrons. The first-order valence-electron chi connectivity index (χ1n) is 10.7. The number of ketones is 1. The van der Waals surface area contributed by atoms with E-state index in [1.54, 1.807) is 7.11 Å². The van der Waals surface area contributed by atoms with Crippen LogP contribution in [0.15, 0.2) is 54.6 Å². The number of rotatable bonds is 8. The van der Waals surface area contributed by atoms with Crippen molar-refractivity contribution in [3.05, 3.63) is 65.7 Å². The number of nitrogens with one attached hydrogen (secondary N) is 1. The second-order valence-electron chi connectivity index (χ2n) is 8.14. The minimum Gasteiger partial charge on any atom is -0.497 e. The molecule has 0 aromatic heterocycles. The highest BCUT2D eigenvalue weighted by molar-refractivity contribution is 5.98. The number of benzene rings is 2. The number of piperidine rings is 1. The van der Waals surface area contributed by atoms with Gasteiger partial charge in [-0.2, -0.15) is 0 Å². The molecular formula is C25H32N2O3. The molecule has 0 radical (unpaired) electrons. The maximum atomic E-state index is 12.8. The lowest BCUT2D eigenvalue weighted by molar-refractivity contribution is -0.126. The minimum atomic E-state index is -0.190. The highest BCUT2D eigenvalue weighted by Crippen LogP contribution is 2.24. The number of nitrogens with zero attached hydrogens (tertiary/aromatic N) is 1. The fraction of sp³-hybridized carbons (Fsp3) is 0.440. The van der Waals surface area contributed by atoms with Crippen LogP contribution >= 0.6 is 0 Å². The molecule has 0 saturated carbocycles. The summed E-state index contributed by atoms with van der Waals surface area (Å²) in [5.74, 6) is 1.28. The van der Waals surface area contributed by atoms with Crippen molar-refractivity contribution in [3.8, 4) is 5.75 Å². The van der Waals surface area contributed by atoms with Crippen molar-refractivity contribution in [2.45, 2.75) is 38.6 Å². The number of methoxy groups -OCH3 is 1. The highest BCUT2D eigenvalue weighted by Gasteiger charge is 2.30. The summed E-state index contributed by atoms with van der Waals surface area (Å²) in [6, 6.07) is 17.3. The van der Waals surface area contributed by atoms with Gasteiger partial charge in [0.05, 0.1) is 13.2 Å². The highest BCUT2D eigenvalue weighted by atomic mass is 16.5. The zero-order chi connectivity index (χ0) is 21.5. The first-order chi connectivity index (χ1) is 14.5. The Morgan fingerprint density at radius 1 is 1.03 bits per heavy atom. The fourth-order valence-electron chi connectivity index (χ4n) is 4.01. The SMILES string of the molecule is COc1ccc(C(=O)C2CCN([C@@H](C)C(=O)NC[C@@H](C)c3ccccc3)CC2)cc1. The summed E-state index contributed by atoms with van der Waals surface area (Å²) in [5.41, 5.74) is 1.96. The Kier molecular flexibility index (Phi) is 7.63. The monoisotopic (exact) mass is 408 g/mol. The number of amides is 1.